The van der Waals surface area contributed by atoms with Crippen LogP contribution in [0.1, 0.15) is 10.5 Å². The number of nitrogens with zero attached hydrogens (tertiary/aromatic N) is 4. The molecule has 0 amide bonds. The van der Waals surface area contributed by atoms with E-state index >= 15 is 0 Å². The van der Waals surface area contributed by atoms with Crippen molar-refractivity contribution in [3.8, 4) is 11.3 Å². The third kappa shape index (κ3) is 1.78. The Morgan fingerprint density at radius 3 is 2.47 bits per heavy atom. The maximum atomic E-state index is 10.9. The standard InChI is InChI=1S/C9H6N4O2/c14-9(15)8-7(12-1-2-13-8)6-3-10-5-11-4-6/h1-5H,(H,14,15). The fourth-order valence-electron chi connectivity index (χ4n) is 1.13. The fourth-order valence-corrected chi connectivity index (χ4v) is 1.13. The molecule has 2 heterocycles. The Balaban J connectivity index is 2.58. The number of hydrogen-bond donors (Lipinski definition) is 1. The lowest BCUT2D eigenvalue weighted by Gasteiger charge is -2.01. The molecule has 0 aliphatic heterocycles. The van der Waals surface area contributed by atoms with Gasteiger partial charge >= 0.3 is 5.97 Å². The minimum absolute atomic E-state index is 0.104. The van der Waals surface area contributed by atoms with Crippen molar-refractivity contribution in [2.75, 3.05) is 0 Å². The summed E-state index contributed by atoms with van der Waals surface area (Å²) in [5.74, 6) is -1.12. The molecule has 6 nitrogen and oxygen atoms in total. The highest BCUT2D eigenvalue weighted by atomic mass is 16.4. The number of rotatable bonds is 2. The molecule has 2 aromatic rings. The SMILES string of the molecule is O=C(O)c1nccnc1-c1cncnc1. The monoisotopic (exact) mass is 202 g/mol. The molecule has 0 bridgehead atoms. The average Bonchev–Trinajstić information content (AvgIpc) is 2.30. The smallest absolute Gasteiger partial charge is 0.356 e. The Morgan fingerprint density at radius 1 is 1.13 bits per heavy atom. The van der Waals surface area contributed by atoms with E-state index in [0.717, 1.165) is 0 Å². The average molecular weight is 202 g/mol. The van der Waals surface area contributed by atoms with Gasteiger partial charge in [-0.15, -0.1) is 0 Å². The van der Waals surface area contributed by atoms with Gasteiger partial charge in [0.15, 0.2) is 5.69 Å². The van der Waals surface area contributed by atoms with Crippen LogP contribution >= 0.6 is 0 Å². The number of carbonyl (C=O) groups is 1. The zero-order valence-electron chi connectivity index (χ0n) is 7.53. The molecule has 0 spiro atoms. The van der Waals surface area contributed by atoms with Crippen LogP contribution in [0.15, 0.2) is 31.1 Å². The summed E-state index contributed by atoms with van der Waals surface area (Å²) in [5, 5.41) is 8.88. The van der Waals surface area contributed by atoms with Crippen LogP contribution < -0.4 is 0 Å². The van der Waals surface area contributed by atoms with Crippen LogP contribution in [0.2, 0.25) is 0 Å². The molecule has 0 atom stereocenters. The first kappa shape index (κ1) is 9.20. The van der Waals surface area contributed by atoms with Gasteiger partial charge in [0.05, 0.1) is 0 Å². The molecule has 0 fully saturated rings. The summed E-state index contributed by atoms with van der Waals surface area (Å²) < 4.78 is 0. The molecule has 6 heteroatoms. The highest BCUT2D eigenvalue weighted by molar-refractivity contribution is 5.92. The molecule has 0 aromatic carbocycles. The number of aromatic carboxylic acids is 1. The van der Waals surface area contributed by atoms with Crippen LogP contribution in [0.4, 0.5) is 0 Å². The van der Waals surface area contributed by atoms with E-state index in [2.05, 4.69) is 19.9 Å². The Hall–Kier alpha value is -2.37. The molecule has 74 valence electrons. The summed E-state index contributed by atoms with van der Waals surface area (Å²) in [5.41, 5.74) is 0.695. The lowest BCUT2D eigenvalue weighted by molar-refractivity contribution is 0.0691. The van der Waals surface area contributed by atoms with Crippen molar-refractivity contribution in [2.45, 2.75) is 0 Å². The van der Waals surface area contributed by atoms with Gasteiger partial charge in [0.1, 0.15) is 12.0 Å². The van der Waals surface area contributed by atoms with Crippen LogP contribution in [0.25, 0.3) is 11.3 Å². The third-order valence-electron chi connectivity index (χ3n) is 1.73. The number of carboxylic acid groups (broad SMARTS) is 1. The van der Waals surface area contributed by atoms with Crippen molar-refractivity contribution in [1.82, 2.24) is 19.9 Å². The lowest BCUT2D eigenvalue weighted by atomic mass is 10.2. The van der Waals surface area contributed by atoms with E-state index in [1.807, 2.05) is 0 Å². The van der Waals surface area contributed by atoms with E-state index in [0.29, 0.717) is 5.56 Å². The van der Waals surface area contributed by atoms with E-state index in [4.69, 9.17) is 5.11 Å². The van der Waals surface area contributed by atoms with Crippen molar-refractivity contribution in [3.05, 3.63) is 36.8 Å². The Bertz CT molecular complexity index is 486. The second-order valence-corrected chi connectivity index (χ2v) is 2.69. The summed E-state index contributed by atoms with van der Waals surface area (Å²) in [6.45, 7) is 0. The highest BCUT2D eigenvalue weighted by Crippen LogP contribution is 2.16. The van der Waals surface area contributed by atoms with Crippen LogP contribution in [0.5, 0.6) is 0 Å². The van der Waals surface area contributed by atoms with E-state index in [9.17, 15) is 4.79 Å². The molecule has 15 heavy (non-hydrogen) atoms. The van der Waals surface area contributed by atoms with E-state index < -0.39 is 5.97 Å². The minimum Gasteiger partial charge on any atom is -0.476 e. The van der Waals surface area contributed by atoms with Crippen molar-refractivity contribution >= 4 is 5.97 Å². The molecule has 0 radical (unpaired) electrons. The molecule has 0 saturated carbocycles. The molecule has 1 N–H and O–H groups in total. The topological polar surface area (TPSA) is 88.9 Å². The number of aromatic nitrogens is 4. The zero-order chi connectivity index (χ0) is 10.7. The largest absolute Gasteiger partial charge is 0.476 e. The number of hydrogen-bond acceptors (Lipinski definition) is 5. The zero-order valence-corrected chi connectivity index (χ0v) is 7.53. The summed E-state index contributed by atoms with van der Waals surface area (Å²) in [6.07, 6.45) is 7.10. The normalized spacial score (nSPS) is 9.87. The summed E-state index contributed by atoms with van der Waals surface area (Å²) >= 11 is 0. The molecule has 0 aliphatic carbocycles. The molecular formula is C9H6N4O2. The predicted octanol–water partition coefficient (Wildman–Crippen LogP) is 0.632. The van der Waals surface area contributed by atoms with Gasteiger partial charge in [-0.1, -0.05) is 0 Å². The van der Waals surface area contributed by atoms with Crippen molar-refractivity contribution in [3.63, 3.8) is 0 Å². The van der Waals surface area contributed by atoms with Gasteiger partial charge in [0.2, 0.25) is 0 Å². The van der Waals surface area contributed by atoms with Crippen molar-refractivity contribution in [1.29, 1.82) is 0 Å². The van der Waals surface area contributed by atoms with E-state index in [1.54, 1.807) is 0 Å². The number of carboxylic acids is 1. The second-order valence-electron chi connectivity index (χ2n) is 2.69. The highest BCUT2D eigenvalue weighted by Gasteiger charge is 2.14. The van der Waals surface area contributed by atoms with Crippen LogP contribution in [0.3, 0.4) is 0 Å². The molecule has 0 unspecified atom stereocenters. The van der Waals surface area contributed by atoms with Gasteiger partial charge < -0.3 is 5.11 Å². The van der Waals surface area contributed by atoms with Crippen LogP contribution in [0, 0.1) is 0 Å². The lowest BCUT2D eigenvalue weighted by Crippen LogP contribution is -2.04. The van der Waals surface area contributed by atoms with Gasteiger partial charge in [-0.3, -0.25) is 4.98 Å². The first-order chi connectivity index (χ1) is 7.29. The predicted molar refractivity (Wildman–Crippen MR) is 50.0 cm³/mol. The Labute approximate surface area is 84.7 Å². The van der Waals surface area contributed by atoms with Crippen LogP contribution in [-0.2, 0) is 0 Å². The molecule has 0 saturated heterocycles. The summed E-state index contributed by atoms with van der Waals surface area (Å²) in [7, 11) is 0. The second kappa shape index (κ2) is 3.79. The van der Waals surface area contributed by atoms with E-state index in [-0.39, 0.29) is 11.4 Å². The molecular weight excluding hydrogens is 196 g/mol. The van der Waals surface area contributed by atoms with Crippen LogP contribution in [-0.4, -0.2) is 31.0 Å². The van der Waals surface area contributed by atoms with Gasteiger partial charge in [-0.25, -0.2) is 19.7 Å². The first-order valence-electron chi connectivity index (χ1n) is 4.08. The maximum absolute atomic E-state index is 10.9. The van der Waals surface area contributed by atoms with Crippen molar-refractivity contribution in [2.24, 2.45) is 0 Å². The van der Waals surface area contributed by atoms with Crippen molar-refractivity contribution < 1.29 is 9.90 Å². The maximum Gasteiger partial charge on any atom is 0.356 e. The van der Waals surface area contributed by atoms with Gasteiger partial charge in [0.25, 0.3) is 0 Å². The summed E-state index contributed by atoms with van der Waals surface area (Å²) in [4.78, 5) is 26.1. The quantitative estimate of drug-likeness (QED) is 0.768. The first-order valence-corrected chi connectivity index (χ1v) is 4.08. The van der Waals surface area contributed by atoms with Gasteiger partial charge in [-0.05, 0) is 0 Å². The third-order valence-corrected chi connectivity index (χ3v) is 1.73. The molecule has 0 aliphatic rings. The Kier molecular flexibility index (Phi) is 2.32. The summed E-state index contributed by atoms with van der Waals surface area (Å²) in [6, 6.07) is 0. The van der Waals surface area contributed by atoms with Gasteiger partial charge in [-0.2, -0.15) is 0 Å². The fraction of sp³-hybridized carbons (Fsp3) is 0. The molecule has 2 rings (SSSR count). The van der Waals surface area contributed by atoms with Gasteiger partial charge in [0, 0.05) is 30.4 Å². The Morgan fingerprint density at radius 2 is 1.80 bits per heavy atom. The van der Waals surface area contributed by atoms with E-state index in [1.165, 1.54) is 31.1 Å². The minimum atomic E-state index is -1.12. The molecule has 2 aromatic heterocycles.